The Hall–Kier alpha value is -1.67. The number of piperidine rings is 1. The van der Waals surface area contributed by atoms with E-state index in [9.17, 15) is 4.79 Å². The largest absolute Gasteiger partial charge is 0.344 e. The van der Waals surface area contributed by atoms with Crippen LogP contribution in [0.4, 0.5) is 20.7 Å². The monoisotopic (exact) mass is 395 g/mol. The molecule has 2 N–H and O–H groups in total. The zero-order valence-electron chi connectivity index (χ0n) is 12.8. The van der Waals surface area contributed by atoms with Crippen LogP contribution in [-0.2, 0) is 0 Å². The van der Waals surface area contributed by atoms with Crippen LogP contribution in [-0.4, -0.2) is 28.8 Å². The number of anilines is 3. The van der Waals surface area contributed by atoms with Crippen LogP contribution in [0.3, 0.4) is 0 Å². The Morgan fingerprint density at radius 3 is 3.00 bits per heavy atom. The van der Waals surface area contributed by atoms with Crippen LogP contribution >= 0.6 is 27.3 Å². The minimum absolute atomic E-state index is 0.322. The van der Waals surface area contributed by atoms with Crippen LogP contribution in [0.1, 0.15) is 26.2 Å². The molecule has 1 unspecified atom stereocenters. The van der Waals surface area contributed by atoms with Gasteiger partial charge >= 0.3 is 6.03 Å². The SMILES string of the molecule is CC1CCCCN1c1nnc(NC(=O)Nc2cccc(Br)c2)s1. The number of hydrogen-bond donors (Lipinski definition) is 2. The Morgan fingerprint density at radius 2 is 2.22 bits per heavy atom. The number of nitrogens with zero attached hydrogens (tertiary/aromatic N) is 3. The van der Waals surface area contributed by atoms with E-state index < -0.39 is 0 Å². The third-order valence-corrected chi connectivity index (χ3v) is 5.14. The Labute approximate surface area is 147 Å². The quantitative estimate of drug-likeness (QED) is 0.811. The lowest BCUT2D eigenvalue weighted by molar-refractivity contribution is 0.262. The Morgan fingerprint density at radius 1 is 1.35 bits per heavy atom. The predicted molar refractivity (Wildman–Crippen MR) is 97.4 cm³/mol. The molecule has 2 amide bonds. The molecule has 1 fully saturated rings. The maximum absolute atomic E-state index is 12.0. The molecule has 0 saturated carbocycles. The fourth-order valence-corrected chi connectivity index (χ4v) is 3.86. The zero-order valence-corrected chi connectivity index (χ0v) is 15.2. The molecule has 1 aromatic carbocycles. The van der Waals surface area contributed by atoms with Crippen molar-refractivity contribution in [1.29, 1.82) is 0 Å². The molecule has 122 valence electrons. The lowest BCUT2D eigenvalue weighted by Gasteiger charge is -2.32. The molecule has 0 spiro atoms. The summed E-state index contributed by atoms with van der Waals surface area (Å²) in [6, 6.07) is 7.57. The molecule has 23 heavy (non-hydrogen) atoms. The summed E-state index contributed by atoms with van der Waals surface area (Å²) < 4.78 is 0.910. The number of hydrogen-bond acceptors (Lipinski definition) is 5. The maximum Gasteiger partial charge on any atom is 0.325 e. The smallest absolute Gasteiger partial charge is 0.325 e. The summed E-state index contributed by atoms with van der Waals surface area (Å²) in [5.74, 6) is 0. The first kappa shape index (κ1) is 16.2. The molecule has 8 heteroatoms. The molecule has 2 heterocycles. The van der Waals surface area contributed by atoms with E-state index in [1.165, 1.54) is 30.6 Å². The van der Waals surface area contributed by atoms with E-state index in [1.54, 1.807) is 0 Å². The van der Waals surface area contributed by atoms with Gasteiger partial charge in [-0.1, -0.05) is 33.3 Å². The van der Waals surface area contributed by atoms with Crippen molar-refractivity contribution in [1.82, 2.24) is 10.2 Å². The Balaban J connectivity index is 1.61. The normalized spacial score (nSPS) is 17.8. The molecule has 1 atom stereocenters. The lowest BCUT2D eigenvalue weighted by atomic mass is 10.1. The summed E-state index contributed by atoms with van der Waals surface area (Å²) in [7, 11) is 0. The second-order valence-electron chi connectivity index (χ2n) is 5.52. The first-order chi connectivity index (χ1) is 11.1. The van der Waals surface area contributed by atoms with Crippen molar-refractivity contribution in [2.24, 2.45) is 0 Å². The van der Waals surface area contributed by atoms with E-state index >= 15 is 0 Å². The third-order valence-electron chi connectivity index (χ3n) is 3.77. The topological polar surface area (TPSA) is 70.2 Å². The highest BCUT2D eigenvalue weighted by atomic mass is 79.9. The standard InChI is InChI=1S/C15H18BrN5OS/c1-10-5-2-3-8-21(10)15-20-19-14(23-15)18-13(22)17-12-7-4-6-11(16)9-12/h4,6-7,9-10H,2-3,5,8H2,1H3,(H2,17,18,19,22). The van der Waals surface area contributed by atoms with Crippen molar-refractivity contribution in [3.63, 3.8) is 0 Å². The lowest BCUT2D eigenvalue weighted by Crippen LogP contribution is -2.37. The van der Waals surface area contributed by atoms with Crippen molar-refractivity contribution in [3.05, 3.63) is 28.7 Å². The summed E-state index contributed by atoms with van der Waals surface area (Å²) in [6.45, 7) is 3.20. The second kappa shape index (κ2) is 7.27. The highest BCUT2D eigenvalue weighted by Gasteiger charge is 2.22. The van der Waals surface area contributed by atoms with Gasteiger partial charge < -0.3 is 10.2 Å². The summed E-state index contributed by atoms with van der Waals surface area (Å²) in [5, 5.41) is 15.2. The number of urea groups is 1. The van der Waals surface area contributed by atoms with E-state index in [2.05, 4.69) is 48.6 Å². The molecule has 0 aliphatic carbocycles. The summed E-state index contributed by atoms with van der Waals surface area (Å²) in [6.07, 6.45) is 3.61. The van der Waals surface area contributed by atoms with Crippen LogP contribution in [0.2, 0.25) is 0 Å². The average Bonchev–Trinajstić information content (AvgIpc) is 2.95. The number of aromatic nitrogens is 2. The number of halogens is 1. The van der Waals surface area contributed by atoms with Crippen LogP contribution < -0.4 is 15.5 Å². The van der Waals surface area contributed by atoms with Crippen molar-refractivity contribution < 1.29 is 4.79 Å². The minimum Gasteiger partial charge on any atom is -0.344 e. The highest BCUT2D eigenvalue weighted by molar-refractivity contribution is 9.10. The predicted octanol–water partition coefficient (Wildman–Crippen LogP) is 4.32. The van der Waals surface area contributed by atoms with E-state index in [4.69, 9.17) is 0 Å². The molecule has 0 radical (unpaired) electrons. The first-order valence-electron chi connectivity index (χ1n) is 7.55. The third kappa shape index (κ3) is 4.20. The van der Waals surface area contributed by atoms with E-state index in [1.807, 2.05) is 24.3 Å². The van der Waals surface area contributed by atoms with Gasteiger partial charge in [0.1, 0.15) is 0 Å². The number of nitrogens with one attached hydrogen (secondary N) is 2. The van der Waals surface area contributed by atoms with Crippen molar-refractivity contribution >= 4 is 49.2 Å². The van der Waals surface area contributed by atoms with E-state index in [0.717, 1.165) is 16.1 Å². The molecule has 1 saturated heterocycles. The van der Waals surface area contributed by atoms with Gasteiger partial charge in [0.25, 0.3) is 0 Å². The van der Waals surface area contributed by atoms with Gasteiger partial charge in [0.05, 0.1) is 0 Å². The zero-order chi connectivity index (χ0) is 16.2. The van der Waals surface area contributed by atoms with Gasteiger partial charge in [-0.2, -0.15) is 0 Å². The molecular weight excluding hydrogens is 378 g/mol. The molecular formula is C15H18BrN5OS. The van der Waals surface area contributed by atoms with E-state index in [0.29, 0.717) is 16.9 Å². The second-order valence-corrected chi connectivity index (χ2v) is 7.39. The number of carbonyl (C=O) groups is 1. The highest BCUT2D eigenvalue weighted by Crippen LogP contribution is 2.29. The molecule has 1 aliphatic heterocycles. The molecule has 6 nitrogen and oxygen atoms in total. The maximum atomic E-state index is 12.0. The number of benzene rings is 1. The van der Waals surface area contributed by atoms with Gasteiger partial charge in [0, 0.05) is 22.7 Å². The molecule has 0 bridgehead atoms. The van der Waals surface area contributed by atoms with Gasteiger partial charge in [-0.15, -0.1) is 10.2 Å². The van der Waals surface area contributed by atoms with Crippen LogP contribution in [0.15, 0.2) is 28.7 Å². The summed E-state index contributed by atoms with van der Waals surface area (Å²) >= 11 is 4.78. The number of amides is 2. The fourth-order valence-electron chi connectivity index (χ4n) is 2.59. The first-order valence-corrected chi connectivity index (χ1v) is 9.16. The van der Waals surface area contributed by atoms with Crippen LogP contribution in [0, 0.1) is 0 Å². The van der Waals surface area contributed by atoms with Gasteiger partial charge in [-0.3, -0.25) is 5.32 Å². The number of rotatable bonds is 3. The Bertz CT molecular complexity index is 692. The van der Waals surface area contributed by atoms with Gasteiger partial charge in [-0.25, -0.2) is 4.79 Å². The average molecular weight is 396 g/mol. The van der Waals surface area contributed by atoms with Crippen molar-refractivity contribution in [3.8, 4) is 0 Å². The van der Waals surface area contributed by atoms with Gasteiger partial charge in [0.2, 0.25) is 10.3 Å². The summed E-state index contributed by atoms with van der Waals surface area (Å²) in [4.78, 5) is 14.3. The summed E-state index contributed by atoms with van der Waals surface area (Å²) in [5.41, 5.74) is 0.714. The van der Waals surface area contributed by atoms with E-state index in [-0.39, 0.29) is 6.03 Å². The molecule has 2 aromatic rings. The van der Waals surface area contributed by atoms with Crippen molar-refractivity contribution in [2.45, 2.75) is 32.2 Å². The van der Waals surface area contributed by atoms with Crippen molar-refractivity contribution in [2.75, 3.05) is 22.1 Å². The van der Waals surface area contributed by atoms with Gasteiger partial charge in [0.15, 0.2) is 0 Å². The molecule has 1 aromatic heterocycles. The van der Waals surface area contributed by atoms with Crippen LogP contribution in [0.5, 0.6) is 0 Å². The van der Waals surface area contributed by atoms with Gasteiger partial charge in [-0.05, 0) is 44.4 Å². The molecule has 1 aliphatic rings. The fraction of sp³-hybridized carbons (Fsp3) is 0.400. The number of carbonyl (C=O) groups excluding carboxylic acids is 1. The molecule has 3 rings (SSSR count). The van der Waals surface area contributed by atoms with Crippen LogP contribution in [0.25, 0.3) is 0 Å². The Kier molecular flexibility index (Phi) is 5.12. The minimum atomic E-state index is -0.322.